The molecule has 0 aromatic heterocycles. The Kier molecular flexibility index (Phi) is 8.73. The molecular formula is C11H20O2. The van der Waals surface area contributed by atoms with Crippen LogP contribution >= 0.6 is 0 Å². The lowest BCUT2D eigenvalue weighted by molar-refractivity contribution is -0.140. The molecule has 0 aliphatic rings. The number of hydrogen-bond acceptors (Lipinski definition) is 2. The number of carbonyl (C=O) groups is 1. The fourth-order valence-corrected chi connectivity index (χ4v) is 1.05. The van der Waals surface area contributed by atoms with Crippen molar-refractivity contribution in [1.82, 2.24) is 0 Å². The number of hydrogen-bond donors (Lipinski definition) is 0. The molecule has 0 bridgehead atoms. The highest BCUT2D eigenvalue weighted by molar-refractivity contribution is 5.69. The lowest BCUT2D eigenvalue weighted by Gasteiger charge is -1.94. The van der Waals surface area contributed by atoms with Crippen molar-refractivity contribution >= 4 is 5.97 Å². The van der Waals surface area contributed by atoms with Gasteiger partial charge in [-0.15, -0.1) is 0 Å². The number of rotatable bonds is 7. The number of allylic oxidation sites excluding steroid dienone is 2. The number of esters is 1. The van der Waals surface area contributed by atoms with E-state index in [0.717, 1.165) is 12.8 Å². The van der Waals surface area contributed by atoms with Gasteiger partial charge in [0.1, 0.15) is 0 Å². The summed E-state index contributed by atoms with van der Waals surface area (Å²) in [5.74, 6) is -0.127. The van der Waals surface area contributed by atoms with E-state index in [9.17, 15) is 4.79 Å². The van der Waals surface area contributed by atoms with Crippen LogP contribution in [0.1, 0.15) is 45.4 Å². The van der Waals surface area contributed by atoms with Gasteiger partial charge in [0, 0.05) is 6.42 Å². The summed E-state index contributed by atoms with van der Waals surface area (Å²) >= 11 is 0. The quantitative estimate of drug-likeness (QED) is 0.345. The summed E-state index contributed by atoms with van der Waals surface area (Å²) < 4.78 is 4.52. The number of unbranched alkanes of at least 4 members (excludes halogenated alkanes) is 3. The summed E-state index contributed by atoms with van der Waals surface area (Å²) in [5.41, 5.74) is 0. The average Bonchev–Trinajstić information content (AvgIpc) is 2.16. The Morgan fingerprint density at radius 3 is 2.54 bits per heavy atom. The highest BCUT2D eigenvalue weighted by Crippen LogP contribution is 2.01. The van der Waals surface area contributed by atoms with Gasteiger partial charge in [0.15, 0.2) is 0 Å². The van der Waals surface area contributed by atoms with Crippen molar-refractivity contribution in [2.75, 3.05) is 7.11 Å². The van der Waals surface area contributed by atoms with Gasteiger partial charge in [0.25, 0.3) is 0 Å². The Labute approximate surface area is 81.0 Å². The van der Waals surface area contributed by atoms with Crippen LogP contribution in [0, 0.1) is 0 Å². The first-order valence-electron chi connectivity index (χ1n) is 5.03. The van der Waals surface area contributed by atoms with E-state index in [1.54, 1.807) is 0 Å². The second-order valence-corrected chi connectivity index (χ2v) is 3.08. The molecule has 0 saturated heterocycles. The minimum atomic E-state index is -0.127. The van der Waals surface area contributed by atoms with Crippen LogP contribution in [-0.2, 0) is 9.53 Å². The Morgan fingerprint density at radius 1 is 1.23 bits per heavy atom. The minimum absolute atomic E-state index is 0.127. The van der Waals surface area contributed by atoms with E-state index in [4.69, 9.17) is 0 Å². The monoisotopic (exact) mass is 184 g/mol. The van der Waals surface area contributed by atoms with Gasteiger partial charge >= 0.3 is 5.97 Å². The Hall–Kier alpha value is -0.790. The Balaban J connectivity index is 3.17. The van der Waals surface area contributed by atoms with E-state index in [2.05, 4.69) is 23.8 Å². The van der Waals surface area contributed by atoms with Crippen LogP contribution in [-0.4, -0.2) is 13.1 Å². The van der Waals surface area contributed by atoms with Crippen LogP contribution < -0.4 is 0 Å². The van der Waals surface area contributed by atoms with Gasteiger partial charge in [-0.3, -0.25) is 4.79 Å². The summed E-state index contributed by atoms with van der Waals surface area (Å²) in [6.07, 6.45) is 10.5. The molecule has 0 N–H and O–H groups in total. The smallest absolute Gasteiger partial charge is 0.305 e. The van der Waals surface area contributed by atoms with Gasteiger partial charge in [-0.1, -0.05) is 31.9 Å². The van der Waals surface area contributed by atoms with Gasteiger partial charge in [-0.2, -0.15) is 0 Å². The van der Waals surface area contributed by atoms with Crippen molar-refractivity contribution in [1.29, 1.82) is 0 Å². The molecule has 0 atom stereocenters. The summed E-state index contributed by atoms with van der Waals surface area (Å²) in [6.45, 7) is 2.20. The standard InChI is InChI=1S/C11H20O2/c1-3-4-5-6-7-8-9-10-11(12)13-2/h7-8H,3-6,9-10H2,1-2H3. The SMILES string of the molecule is CCCCCC=CCCC(=O)OC. The highest BCUT2D eigenvalue weighted by Gasteiger charge is 1.95. The minimum Gasteiger partial charge on any atom is -0.469 e. The molecule has 0 radical (unpaired) electrons. The third-order valence-corrected chi connectivity index (χ3v) is 1.88. The zero-order chi connectivity index (χ0) is 9.94. The molecule has 0 aliphatic heterocycles. The van der Waals surface area contributed by atoms with E-state index in [-0.39, 0.29) is 5.97 Å². The molecule has 0 fully saturated rings. The lowest BCUT2D eigenvalue weighted by atomic mass is 10.2. The molecule has 0 rings (SSSR count). The van der Waals surface area contributed by atoms with Crippen LogP contribution in [0.3, 0.4) is 0 Å². The summed E-state index contributed by atoms with van der Waals surface area (Å²) in [4.78, 5) is 10.7. The molecule has 0 aromatic rings. The zero-order valence-electron chi connectivity index (χ0n) is 8.71. The van der Waals surface area contributed by atoms with E-state index in [0.29, 0.717) is 6.42 Å². The first kappa shape index (κ1) is 12.2. The fourth-order valence-electron chi connectivity index (χ4n) is 1.05. The number of methoxy groups -OCH3 is 1. The lowest BCUT2D eigenvalue weighted by Crippen LogP contribution is -1.97. The van der Waals surface area contributed by atoms with Gasteiger partial charge < -0.3 is 4.74 Å². The van der Waals surface area contributed by atoms with Gasteiger partial charge in [0.2, 0.25) is 0 Å². The molecule has 0 aromatic carbocycles. The first-order chi connectivity index (χ1) is 6.31. The van der Waals surface area contributed by atoms with Crippen molar-refractivity contribution in [2.24, 2.45) is 0 Å². The van der Waals surface area contributed by atoms with Crippen molar-refractivity contribution < 1.29 is 9.53 Å². The average molecular weight is 184 g/mol. The zero-order valence-corrected chi connectivity index (χ0v) is 8.71. The molecule has 0 saturated carbocycles. The van der Waals surface area contributed by atoms with Crippen LogP contribution in [0.4, 0.5) is 0 Å². The maximum atomic E-state index is 10.7. The maximum Gasteiger partial charge on any atom is 0.305 e. The van der Waals surface area contributed by atoms with Crippen LogP contribution in [0.5, 0.6) is 0 Å². The third-order valence-electron chi connectivity index (χ3n) is 1.88. The first-order valence-corrected chi connectivity index (χ1v) is 5.03. The molecule has 0 spiro atoms. The fraction of sp³-hybridized carbons (Fsp3) is 0.727. The van der Waals surface area contributed by atoms with Crippen molar-refractivity contribution in [3.8, 4) is 0 Å². The summed E-state index contributed by atoms with van der Waals surface area (Å²) in [7, 11) is 1.42. The van der Waals surface area contributed by atoms with Gasteiger partial charge in [-0.25, -0.2) is 0 Å². The van der Waals surface area contributed by atoms with Crippen molar-refractivity contribution in [3.63, 3.8) is 0 Å². The Bertz CT molecular complexity index is 150. The second-order valence-electron chi connectivity index (χ2n) is 3.08. The van der Waals surface area contributed by atoms with Crippen LogP contribution in [0.15, 0.2) is 12.2 Å². The molecule has 0 aliphatic carbocycles. The molecule has 0 amide bonds. The summed E-state index contributed by atoms with van der Waals surface area (Å²) in [6, 6.07) is 0. The van der Waals surface area contributed by atoms with Crippen molar-refractivity contribution in [2.45, 2.75) is 45.4 Å². The predicted molar refractivity (Wildman–Crippen MR) is 54.5 cm³/mol. The number of ether oxygens (including phenoxy) is 1. The van der Waals surface area contributed by atoms with Crippen LogP contribution in [0.2, 0.25) is 0 Å². The van der Waals surface area contributed by atoms with E-state index >= 15 is 0 Å². The topological polar surface area (TPSA) is 26.3 Å². The second kappa shape index (κ2) is 9.30. The molecular weight excluding hydrogens is 164 g/mol. The van der Waals surface area contributed by atoms with Crippen molar-refractivity contribution in [3.05, 3.63) is 12.2 Å². The molecule has 2 nitrogen and oxygen atoms in total. The van der Waals surface area contributed by atoms with E-state index in [1.807, 2.05) is 0 Å². The predicted octanol–water partition coefficient (Wildman–Crippen LogP) is 3.08. The highest BCUT2D eigenvalue weighted by atomic mass is 16.5. The molecule has 76 valence electrons. The Morgan fingerprint density at radius 2 is 1.92 bits per heavy atom. The third kappa shape index (κ3) is 9.12. The van der Waals surface area contributed by atoms with E-state index < -0.39 is 0 Å². The van der Waals surface area contributed by atoms with Gasteiger partial charge in [0.05, 0.1) is 7.11 Å². The molecule has 2 heteroatoms. The van der Waals surface area contributed by atoms with Gasteiger partial charge in [-0.05, 0) is 19.3 Å². The maximum absolute atomic E-state index is 10.7. The largest absolute Gasteiger partial charge is 0.469 e. The molecule has 0 unspecified atom stereocenters. The normalized spacial score (nSPS) is 10.6. The number of carbonyl (C=O) groups excluding carboxylic acids is 1. The molecule has 0 heterocycles. The molecule has 13 heavy (non-hydrogen) atoms. The van der Waals surface area contributed by atoms with Crippen LogP contribution in [0.25, 0.3) is 0 Å². The van der Waals surface area contributed by atoms with E-state index in [1.165, 1.54) is 26.4 Å². The summed E-state index contributed by atoms with van der Waals surface area (Å²) in [5, 5.41) is 0.